The highest BCUT2D eigenvalue weighted by molar-refractivity contribution is 7.64. The fourth-order valence-electron chi connectivity index (χ4n) is 2.84. The molecule has 1 aliphatic heterocycles. The molecule has 5 N–H and O–H groups in total. The van der Waals surface area contributed by atoms with Gasteiger partial charge in [-0.05, 0) is 0 Å². The number of rotatable bonds is 9. The van der Waals surface area contributed by atoms with Gasteiger partial charge in [0, 0.05) is 7.05 Å². The molecule has 2 aromatic rings. The Kier molecular flexibility index (Phi) is 7.29. The standard InChI is InChI=1S/C11H19N6O13P3/c1-13-8-5-9(16-11(12)15-8)17(3-14-5)10-7(19)6(18)4(28-10)2-27-32(23,24)30-33(25,26)29-31(20,21)22/h3-4,6-7,10,18-19H,2H2,1H3,(H,23,24)(H,25,26)(H2,20,21,22)(H3,12,13,15,16)/p-4/t4-,6?,7+,10-/m1/s1. The van der Waals surface area contributed by atoms with Gasteiger partial charge in [-0.2, -0.15) is 9.97 Å². The Balaban J connectivity index is 1.73. The topological polar surface area (TPSA) is 302 Å². The third-order valence-electron chi connectivity index (χ3n) is 4.08. The third-order valence-corrected chi connectivity index (χ3v) is 7.75. The number of phosphoric ester groups is 1. The second-order valence-corrected chi connectivity index (χ2v) is 10.6. The van der Waals surface area contributed by atoms with Crippen LogP contribution in [-0.2, 0) is 31.6 Å². The monoisotopic (exact) mass is 532 g/mol. The summed E-state index contributed by atoms with van der Waals surface area (Å²) in [6, 6.07) is 0. The number of imidazole rings is 1. The van der Waals surface area contributed by atoms with E-state index >= 15 is 0 Å². The lowest BCUT2D eigenvalue weighted by atomic mass is 10.1. The quantitative estimate of drug-likeness (QED) is 0.223. The zero-order chi connectivity index (χ0) is 24.8. The smallest absolute Gasteiger partial charge is 0.278 e. The minimum absolute atomic E-state index is 0.0894. The van der Waals surface area contributed by atoms with Crippen LogP contribution in [0.4, 0.5) is 11.8 Å². The molecule has 0 bridgehead atoms. The number of nitrogens with zero attached hydrogens (tertiary/aromatic N) is 4. The number of aliphatic hydroxyl groups excluding tert-OH is 2. The first-order chi connectivity index (χ1) is 15.1. The van der Waals surface area contributed by atoms with Gasteiger partial charge in [0.2, 0.25) is 5.95 Å². The number of ether oxygens (including phenoxy) is 1. The predicted octanol–water partition coefficient (Wildman–Crippen LogP) is -4.12. The second-order valence-electron chi connectivity index (χ2n) is 6.35. The van der Waals surface area contributed by atoms with Crippen LogP contribution in [0.1, 0.15) is 6.23 Å². The molecule has 1 aliphatic rings. The summed E-state index contributed by atoms with van der Waals surface area (Å²) >= 11 is 0. The van der Waals surface area contributed by atoms with Crippen molar-refractivity contribution in [2.75, 3.05) is 24.7 Å². The number of phosphoric acid groups is 3. The van der Waals surface area contributed by atoms with E-state index in [-0.39, 0.29) is 22.9 Å². The second kappa shape index (κ2) is 9.24. The maximum Gasteiger partial charge on any atom is 0.278 e. The minimum Gasteiger partial charge on any atom is -0.790 e. The SMILES string of the molecule is CNc1nc(N)nc2c1ncn2[C@@H]1O[C@H](COP(=O)([O-])OP(=O)([O-])OP(=O)([O-])[O-])C(O)[C@@H]1O. The zero-order valence-electron chi connectivity index (χ0n) is 16.2. The highest BCUT2D eigenvalue weighted by Gasteiger charge is 2.45. The molecule has 0 aliphatic carbocycles. The minimum atomic E-state index is -6.15. The van der Waals surface area contributed by atoms with Gasteiger partial charge >= 0.3 is 0 Å². The lowest BCUT2D eigenvalue weighted by Crippen LogP contribution is -2.34. The average molecular weight is 532 g/mol. The molecule has 3 heterocycles. The number of anilines is 2. The van der Waals surface area contributed by atoms with Gasteiger partial charge in [0.25, 0.3) is 15.6 Å². The van der Waals surface area contributed by atoms with E-state index in [1.54, 1.807) is 7.05 Å². The Morgan fingerprint density at radius 3 is 2.42 bits per heavy atom. The van der Waals surface area contributed by atoms with Crippen LogP contribution >= 0.6 is 23.5 Å². The number of aliphatic hydroxyl groups is 2. The maximum absolute atomic E-state index is 11.7. The van der Waals surface area contributed by atoms with Gasteiger partial charge in [0.15, 0.2) is 23.2 Å². The summed E-state index contributed by atoms with van der Waals surface area (Å²) in [4.78, 5) is 55.5. The summed E-state index contributed by atoms with van der Waals surface area (Å²) in [7, 11) is -16.6. The first-order valence-corrected chi connectivity index (χ1v) is 12.9. The molecule has 0 radical (unpaired) electrons. The number of aromatic nitrogens is 4. The Morgan fingerprint density at radius 2 is 1.82 bits per heavy atom. The number of nitrogens with two attached hydrogens (primary N) is 1. The molecular weight excluding hydrogens is 517 g/mol. The molecule has 1 fully saturated rings. The van der Waals surface area contributed by atoms with Crippen molar-refractivity contribution in [3.05, 3.63) is 6.33 Å². The Hall–Kier alpha value is -1.56. The van der Waals surface area contributed by atoms with Gasteiger partial charge in [-0.15, -0.1) is 0 Å². The van der Waals surface area contributed by atoms with Gasteiger partial charge in [0.05, 0.1) is 20.8 Å². The van der Waals surface area contributed by atoms with Crippen molar-refractivity contribution in [1.82, 2.24) is 19.5 Å². The Bertz CT molecular complexity index is 1170. The van der Waals surface area contributed by atoms with E-state index in [1.807, 2.05) is 0 Å². The first-order valence-electron chi connectivity index (χ1n) is 8.53. The molecule has 3 unspecified atom stereocenters. The van der Waals surface area contributed by atoms with Gasteiger partial charge < -0.3 is 54.7 Å². The van der Waals surface area contributed by atoms with Crippen molar-refractivity contribution in [2.45, 2.75) is 24.5 Å². The molecule has 19 nitrogen and oxygen atoms in total. The molecular formula is C11H15N6O13P3-4. The molecule has 22 heteroatoms. The number of hydrogen-bond acceptors (Lipinski definition) is 18. The molecule has 1 saturated heterocycles. The Labute approximate surface area is 183 Å². The highest BCUT2D eigenvalue weighted by atomic mass is 31.3. The van der Waals surface area contributed by atoms with E-state index in [9.17, 15) is 43.5 Å². The lowest BCUT2D eigenvalue weighted by Gasteiger charge is -2.37. The zero-order valence-corrected chi connectivity index (χ0v) is 18.9. The molecule has 0 spiro atoms. The molecule has 3 rings (SSSR count). The van der Waals surface area contributed by atoms with E-state index in [0.29, 0.717) is 0 Å². The normalized spacial score (nSPS) is 27.4. The molecule has 33 heavy (non-hydrogen) atoms. The number of hydrogen-bond donors (Lipinski definition) is 4. The summed E-state index contributed by atoms with van der Waals surface area (Å²) in [6.45, 7) is -1.09. The predicted molar refractivity (Wildman–Crippen MR) is 96.1 cm³/mol. The number of fused-ring (bicyclic) bond motifs is 1. The van der Waals surface area contributed by atoms with Crippen LogP contribution in [0.3, 0.4) is 0 Å². The molecule has 2 aromatic heterocycles. The highest BCUT2D eigenvalue weighted by Crippen LogP contribution is 2.60. The maximum atomic E-state index is 11.7. The summed E-state index contributed by atoms with van der Waals surface area (Å²) in [6.07, 6.45) is -5.17. The van der Waals surface area contributed by atoms with Crippen LogP contribution in [0.25, 0.3) is 11.2 Å². The number of nitrogen functional groups attached to an aromatic ring is 1. The molecule has 6 atom stereocenters. The average Bonchev–Trinajstić information content (AvgIpc) is 3.18. The molecule has 0 aromatic carbocycles. The fourth-order valence-corrected chi connectivity index (χ4v) is 5.70. The van der Waals surface area contributed by atoms with E-state index in [2.05, 4.69) is 33.4 Å². The summed E-state index contributed by atoms with van der Waals surface area (Å²) in [5.74, 6) is 0.0921. The van der Waals surface area contributed by atoms with Crippen LogP contribution in [0, 0.1) is 0 Å². The van der Waals surface area contributed by atoms with Crippen molar-refractivity contribution in [1.29, 1.82) is 0 Å². The summed E-state index contributed by atoms with van der Waals surface area (Å²) < 4.78 is 50.5. The molecule has 0 saturated carbocycles. The van der Waals surface area contributed by atoms with Gasteiger partial charge in [0.1, 0.15) is 18.3 Å². The summed E-state index contributed by atoms with van der Waals surface area (Å²) in [5, 5.41) is 23.3. The van der Waals surface area contributed by atoms with Crippen LogP contribution in [0.15, 0.2) is 6.33 Å². The fraction of sp³-hybridized carbons (Fsp3) is 0.545. The van der Waals surface area contributed by atoms with Gasteiger partial charge in [-0.25, -0.2) is 9.29 Å². The van der Waals surface area contributed by atoms with Crippen molar-refractivity contribution in [2.24, 2.45) is 0 Å². The van der Waals surface area contributed by atoms with E-state index in [0.717, 1.165) is 0 Å². The van der Waals surface area contributed by atoms with E-state index in [4.69, 9.17) is 10.5 Å². The van der Waals surface area contributed by atoms with Crippen LogP contribution < -0.4 is 30.6 Å². The van der Waals surface area contributed by atoms with Crippen molar-refractivity contribution >= 4 is 46.4 Å². The lowest BCUT2D eigenvalue weighted by molar-refractivity contribution is -0.339. The van der Waals surface area contributed by atoms with Crippen molar-refractivity contribution in [3.8, 4) is 0 Å². The van der Waals surface area contributed by atoms with Crippen LogP contribution in [0.5, 0.6) is 0 Å². The molecule has 0 amide bonds. The Morgan fingerprint density at radius 1 is 1.15 bits per heavy atom. The van der Waals surface area contributed by atoms with Crippen LogP contribution in [0.2, 0.25) is 0 Å². The van der Waals surface area contributed by atoms with E-state index < -0.39 is 54.6 Å². The van der Waals surface area contributed by atoms with Crippen molar-refractivity contribution < 1.29 is 61.4 Å². The van der Waals surface area contributed by atoms with E-state index in [1.165, 1.54) is 10.9 Å². The van der Waals surface area contributed by atoms with Crippen molar-refractivity contribution in [3.63, 3.8) is 0 Å². The van der Waals surface area contributed by atoms with Crippen LogP contribution in [-0.4, -0.2) is 61.7 Å². The largest absolute Gasteiger partial charge is 0.790 e. The summed E-state index contributed by atoms with van der Waals surface area (Å²) in [5.41, 5.74) is 5.95. The third kappa shape index (κ3) is 6.12. The van der Waals surface area contributed by atoms with Gasteiger partial charge in [-0.3, -0.25) is 18.0 Å². The number of nitrogens with one attached hydrogen (secondary N) is 1. The first kappa shape index (κ1) is 26.1. The molecule has 186 valence electrons. The van der Waals surface area contributed by atoms with Gasteiger partial charge in [-0.1, -0.05) is 0 Å².